The zero-order valence-electron chi connectivity index (χ0n) is 8.82. The first-order valence-electron chi connectivity index (χ1n) is 5.22. The molecule has 1 rings (SSSR count). The number of hydrogen-bond donors (Lipinski definition) is 3. The normalized spacial score (nSPS) is 25.3. The van der Waals surface area contributed by atoms with E-state index < -0.39 is 5.41 Å². The first-order chi connectivity index (χ1) is 6.59. The fourth-order valence-electron chi connectivity index (χ4n) is 1.86. The van der Waals surface area contributed by atoms with E-state index in [1.807, 2.05) is 6.92 Å². The van der Waals surface area contributed by atoms with Crippen LogP contribution in [0.2, 0.25) is 0 Å². The van der Waals surface area contributed by atoms with Crippen molar-refractivity contribution in [2.75, 3.05) is 32.8 Å². The molecule has 0 aliphatic carbocycles. The Morgan fingerprint density at radius 1 is 1.36 bits per heavy atom. The fourth-order valence-corrected chi connectivity index (χ4v) is 1.86. The summed E-state index contributed by atoms with van der Waals surface area (Å²) >= 11 is 0. The van der Waals surface area contributed by atoms with Gasteiger partial charge >= 0.3 is 0 Å². The highest BCUT2D eigenvalue weighted by molar-refractivity contribution is 4.80. The number of piperidine rings is 1. The lowest BCUT2D eigenvalue weighted by Gasteiger charge is -2.36. The first kappa shape index (κ1) is 11.9. The highest BCUT2D eigenvalue weighted by Crippen LogP contribution is 2.19. The number of aliphatic hydroxyl groups excluding tert-OH is 3. The summed E-state index contributed by atoms with van der Waals surface area (Å²) in [4.78, 5) is 2.11. The van der Waals surface area contributed by atoms with Crippen LogP contribution in [0.25, 0.3) is 0 Å². The topological polar surface area (TPSA) is 63.9 Å². The molecular formula is C10H21NO3. The van der Waals surface area contributed by atoms with Crippen molar-refractivity contribution in [2.45, 2.75) is 25.9 Å². The number of likely N-dealkylation sites (tertiary alicyclic amines) is 1. The van der Waals surface area contributed by atoms with Crippen molar-refractivity contribution in [1.82, 2.24) is 4.90 Å². The molecule has 1 aliphatic heterocycles. The summed E-state index contributed by atoms with van der Waals surface area (Å²) in [7, 11) is 0. The van der Waals surface area contributed by atoms with Gasteiger partial charge in [-0.05, 0) is 19.4 Å². The molecular weight excluding hydrogens is 182 g/mol. The Kier molecular flexibility index (Phi) is 4.31. The Morgan fingerprint density at radius 2 is 2.00 bits per heavy atom. The van der Waals surface area contributed by atoms with Gasteiger partial charge in [-0.3, -0.25) is 0 Å². The van der Waals surface area contributed by atoms with E-state index >= 15 is 0 Å². The predicted octanol–water partition coefficient (Wildman–Crippen LogP) is -0.566. The Labute approximate surface area is 85.2 Å². The van der Waals surface area contributed by atoms with Crippen LogP contribution in [0.15, 0.2) is 0 Å². The van der Waals surface area contributed by atoms with Gasteiger partial charge in [0.25, 0.3) is 0 Å². The molecule has 1 saturated heterocycles. The van der Waals surface area contributed by atoms with E-state index in [-0.39, 0.29) is 19.3 Å². The molecule has 4 nitrogen and oxygen atoms in total. The Hall–Kier alpha value is -0.160. The molecule has 1 fully saturated rings. The van der Waals surface area contributed by atoms with E-state index in [1.165, 1.54) is 0 Å². The Morgan fingerprint density at radius 3 is 2.50 bits per heavy atom. The zero-order chi connectivity index (χ0) is 10.6. The molecule has 1 aliphatic rings. The highest BCUT2D eigenvalue weighted by Gasteiger charge is 2.28. The summed E-state index contributed by atoms with van der Waals surface area (Å²) in [5.74, 6) is 0. The predicted molar refractivity (Wildman–Crippen MR) is 54.0 cm³/mol. The van der Waals surface area contributed by atoms with Crippen LogP contribution < -0.4 is 0 Å². The van der Waals surface area contributed by atoms with Gasteiger partial charge in [-0.1, -0.05) is 6.92 Å². The smallest absolute Gasteiger partial charge is 0.0667 e. The van der Waals surface area contributed by atoms with Gasteiger partial charge in [-0.25, -0.2) is 0 Å². The summed E-state index contributed by atoms with van der Waals surface area (Å²) in [6.07, 6.45) is 1.62. The molecule has 0 spiro atoms. The minimum atomic E-state index is -0.447. The van der Waals surface area contributed by atoms with E-state index in [2.05, 4.69) is 4.90 Å². The lowest BCUT2D eigenvalue weighted by Crippen LogP contribution is -2.46. The molecule has 1 atom stereocenters. The Balaban J connectivity index is 2.41. The number of β-amino-alcohol motifs (C(OH)–C–C–N with tert-alkyl or cyclic N) is 1. The molecule has 4 heteroatoms. The van der Waals surface area contributed by atoms with E-state index in [0.29, 0.717) is 13.1 Å². The van der Waals surface area contributed by atoms with Crippen LogP contribution in [-0.4, -0.2) is 59.2 Å². The van der Waals surface area contributed by atoms with Crippen molar-refractivity contribution in [3.05, 3.63) is 0 Å². The van der Waals surface area contributed by atoms with Gasteiger partial charge in [0.1, 0.15) is 0 Å². The number of hydrogen-bond acceptors (Lipinski definition) is 4. The number of rotatable bonds is 4. The van der Waals surface area contributed by atoms with Gasteiger partial charge < -0.3 is 20.2 Å². The van der Waals surface area contributed by atoms with E-state index in [0.717, 1.165) is 19.4 Å². The van der Waals surface area contributed by atoms with Crippen LogP contribution in [0.5, 0.6) is 0 Å². The first-order valence-corrected chi connectivity index (χ1v) is 5.22. The van der Waals surface area contributed by atoms with Crippen LogP contribution in [0.1, 0.15) is 19.8 Å². The third-order valence-corrected chi connectivity index (χ3v) is 2.85. The molecule has 3 N–H and O–H groups in total. The van der Waals surface area contributed by atoms with Crippen molar-refractivity contribution in [3.63, 3.8) is 0 Å². The molecule has 0 aromatic carbocycles. The summed E-state index contributed by atoms with van der Waals surface area (Å²) in [5.41, 5.74) is -0.447. The average Bonchev–Trinajstić information content (AvgIpc) is 2.18. The third-order valence-electron chi connectivity index (χ3n) is 2.85. The number of aliphatic hydroxyl groups is 3. The maximum atomic E-state index is 9.46. The monoisotopic (exact) mass is 203 g/mol. The minimum absolute atomic E-state index is 0.0178. The lowest BCUT2D eigenvalue weighted by molar-refractivity contribution is 0.00345. The number of nitrogens with zero attached hydrogens (tertiary/aromatic N) is 1. The molecule has 1 heterocycles. The Bertz CT molecular complexity index is 171. The SMILES string of the molecule is CC(CO)(CO)CN1CCCC(O)C1. The second kappa shape index (κ2) is 5.07. The summed E-state index contributed by atoms with van der Waals surface area (Å²) in [6.45, 7) is 4.08. The fraction of sp³-hybridized carbons (Fsp3) is 1.00. The van der Waals surface area contributed by atoms with Crippen molar-refractivity contribution in [2.24, 2.45) is 5.41 Å². The van der Waals surface area contributed by atoms with Crippen molar-refractivity contribution < 1.29 is 15.3 Å². The van der Waals surface area contributed by atoms with Gasteiger partial charge in [0.2, 0.25) is 0 Å². The van der Waals surface area contributed by atoms with E-state index in [1.54, 1.807) is 0 Å². The van der Waals surface area contributed by atoms with Crippen LogP contribution in [0, 0.1) is 5.41 Å². The van der Waals surface area contributed by atoms with Crippen LogP contribution >= 0.6 is 0 Å². The standard InChI is InChI=1S/C10H21NO3/c1-10(7-12,8-13)6-11-4-2-3-9(14)5-11/h9,12-14H,2-8H2,1H3. The van der Waals surface area contributed by atoms with Gasteiger partial charge in [0.15, 0.2) is 0 Å². The van der Waals surface area contributed by atoms with Crippen molar-refractivity contribution in [1.29, 1.82) is 0 Å². The maximum Gasteiger partial charge on any atom is 0.0667 e. The van der Waals surface area contributed by atoms with Crippen LogP contribution in [0.4, 0.5) is 0 Å². The van der Waals surface area contributed by atoms with Gasteiger partial charge in [0.05, 0.1) is 19.3 Å². The quantitative estimate of drug-likeness (QED) is 0.573. The summed E-state index contributed by atoms with van der Waals surface area (Å²) in [5, 5.41) is 27.7. The van der Waals surface area contributed by atoms with Crippen molar-refractivity contribution in [3.8, 4) is 0 Å². The van der Waals surface area contributed by atoms with Crippen LogP contribution in [-0.2, 0) is 0 Å². The molecule has 0 bridgehead atoms. The van der Waals surface area contributed by atoms with Gasteiger partial charge in [0, 0.05) is 18.5 Å². The third kappa shape index (κ3) is 3.20. The molecule has 0 radical (unpaired) electrons. The lowest BCUT2D eigenvalue weighted by atomic mass is 9.91. The van der Waals surface area contributed by atoms with E-state index in [4.69, 9.17) is 10.2 Å². The van der Waals surface area contributed by atoms with E-state index in [9.17, 15) is 5.11 Å². The zero-order valence-corrected chi connectivity index (χ0v) is 8.82. The molecule has 0 saturated carbocycles. The minimum Gasteiger partial charge on any atom is -0.396 e. The van der Waals surface area contributed by atoms with Crippen molar-refractivity contribution >= 4 is 0 Å². The molecule has 0 aromatic rings. The average molecular weight is 203 g/mol. The summed E-state index contributed by atoms with van der Waals surface area (Å²) in [6, 6.07) is 0. The highest BCUT2D eigenvalue weighted by atomic mass is 16.3. The maximum absolute atomic E-state index is 9.46. The molecule has 1 unspecified atom stereocenters. The molecule has 84 valence electrons. The molecule has 14 heavy (non-hydrogen) atoms. The largest absolute Gasteiger partial charge is 0.396 e. The van der Waals surface area contributed by atoms with Crippen LogP contribution in [0.3, 0.4) is 0 Å². The molecule has 0 aromatic heterocycles. The summed E-state index contributed by atoms with van der Waals surface area (Å²) < 4.78 is 0. The second-order valence-electron chi connectivity index (χ2n) is 4.66. The van der Waals surface area contributed by atoms with Gasteiger partial charge in [-0.15, -0.1) is 0 Å². The second-order valence-corrected chi connectivity index (χ2v) is 4.66. The van der Waals surface area contributed by atoms with Gasteiger partial charge in [-0.2, -0.15) is 0 Å². The molecule has 0 amide bonds.